The summed E-state index contributed by atoms with van der Waals surface area (Å²) in [4.78, 5) is 25.2. The number of terminal acetylenes is 1. The summed E-state index contributed by atoms with van der Waals surface area (Å²) in [7, 11) is 0. The van der Waals surface area contributed by atoms with Gasteiger partial charge in [0.25, 0.3) is 5.69 Å². The summed E-state index contributed by atoms with van der Waals surface area (Å²) in [5.41, 5.74) is 21.8. The molecule has 4 fully saturated rings. The van der Waals surface area contributed by atoms with Gasteiger partial charge in [0.05, 0.1) is 37.7 Å². The van der Waals surface area contributed by atoms with E-state index >= 15 is 0 Å². The molecule has 6 N–H and O–H groups in total. The number of nitro groups is 1. The van der Waals surface area contributed by atoms with Gasteiger partial charge in [0.15, 0.2) is 0 Å². The third-order valence-electron chi connectivity index (χ3n) is 14.3. The van der Waals surface area contributed by atoms with E-state index in [-0.39, 0.29) is 75.8 Å². The summed E-state index contributed by atoms with van der Waals surface area (Å²) in [6, 6.07) is 18.3. The summed E-state index contributed by atoms with van der Waals surface area (Å²) in [6.45, 7) is 16.3. The number of halogens is 6. The average molecular weight is 1120 g/mol. The number of rotatable bonds is 11. The van der Waals surface area contributed by atoms with Gasteiger partial charge in [-0.25, -0.2) is 8.78 Å². The Hall–Kier alpha value is -3.54. The van der Waals surface area contributed by atoms with Gasteiger partial charge >= 0.3 is 51.4 Å². The Labute approximate surface area is 500 Å². The van der Waals surface area contributed by atoms with Crippen LogP contribution in [0.5, 0.6) is 0 Å². The van der Waals surface area contributed by atoms with Crippen molar-refractivity contribution in [1.82, 2.24) is 19.6 Å². The molecule has 0 unspecified atom stereocenters. The van der Waals surface area contributed by atoms with Crippen LogP contribution in [0.15, 0.2) is 60.7 Å². The molecule has 0 spiro atoms. The van der Waals surface area contributed by atoms with Gasteiger partial charge in [-0.1, -0.05) is 78.3 Å². The zero-order chi connectivity index (χ0) is 52.8. The molecule has 0 radical (unpaired) electrons. The number of nitro benzene ring substituents is 1. The van der Waals surface area contributed by atoms with Gasteiger partial charge < -0.3 is 28.4 Å². The van der Waals surface area contributed by atoms with Crippen LogP contribution < -0.4 is 78.4 Å². The van der Waals surface area contributed by atoms with Gasteiger partial charge in [0, 0.05) is 104 Å². The maximum Gasteiger partial charge on any atom is 1.00 e. The molecule has 4 heterocycles. The molecule has 74 heavy (non-hydrogen) atoms. The van der Waals surface area contributed by atoms with E-state index in [2.05, 4.69) is 72.8 Å². The van der Waals surface area contributed by atoms with E-state index in [1.54, 1.807) is 37.3 Å². The largest absolute Gasteiger partial charge is 1.00 e. The van der Waals surface area contributed by atoms with Crippen molar-refractivity contribution >= 4 is 80.5 Å². The van der Waals surface area contributed by atoms with Crippen molar-refractivity contribution in [2.45, 2.75) is 96.6 Å². The predicted octanol–water partition coefficient (Wildman–Crippen LogP) is 7.81. The van der Waals surface area contributed by atoms with Gasteiger partial charge in [-0.2, -0.15) is 0 Å². The third kappa shape index (κ3) is 16.7. The summed E-state index contributed by atoms with van der Waals surface area (Å²) >= 11 is 24.7. The Morgan fingerprint density at radius 1 is 0.649 bits per heavy atom. The van der Waals surface area contributed by atoms with Crippen molar-refractivity contribution in [2.24, 2.45) is 0 Å². The Kier molecular flexibility index (Phi) is 24.7. The molecule has 392 valence electrons. The van der Waals surface area contributed by atoms with Crippen molar-refractivity contribution < 1.29 is 66.5 Å². The number of anilines is 5. The maximum atomic E-state index is 14.2. The SMILES string of the molecule is C#CC#CC#CC.CC[C@H]1CN(c2cc(N)c(N)cc2Cl)CCN1C1CCN(Cc2ccc(Cl)cc2F)CC1.CC[C@H]1CN(c2cc([N+](=O)[O-])c(N)cc2Cl)CCN1C1CCN(Cc2ccc(Cl)cc2F)CC1.[H-].[K+]. The molecule has 19 heteroatoms. The van der Waals surface area contributed by atoms with Gasteiger partial charge in [-0.15, -0.1) is 6.42 Å². The molecule has 0 saturated carbocycles. The first-order valence-corrected chi connectivity index (χ1v) is 26.3. The van der Waals surface area contributed by atoms with Crippen LogP contribution in [0, 0.1) is 57.8 Å². The number of hydrogen-bond acceptors (Lipinski definition) is 11. The molecule has 4 aromatic rings. The molecule has 4 saturated heterocycles. The number of likely N-dealkylation sites (tertiary alicyclic amines) is 2. The van der Waals surface area contributed by atoms with Crippen LogP contribution in [0.25, 0.3) is 0 Å². The second kappa shape index (κ2) is 29.8. The van der Waals surface area contributed by atoms with E-state index in [9.17, 15) is 18.9 Å². The van der Waals surface area contributed by atoms with E-state index in [0.29, 0.717) is 85.5 Å². The number of benzene rings is 4. The molecule has 0 bridgehead atoms. The maximum absolute atomic E-state index is 14.2. The molecule has 4 aliphatic heterocycles. The number of nitrogen functional groups attached to an aromatic ring is 3. The molecule has 0 aromatic heterocycles. The van der Waals surface area contributed by atoms with E-state index in [1.807, 2.05) is 6.07 Å². The quantitative estimate of drug-likeness (QED) is 0.0446. The molecular formula is C55H67Cl4F2KN10O2. The first-order chi connectivity index (χ1) is 35.0. The Balaban J connectivity index is 0.000000282. The van der Waals surface area contributed by atoms with Crippen LogP contribution in [-0.4, -0.2) is 114 Å². The van der Waals surface area contributed by atoms with Crippen molar-refractivity contribution in [1.29, 1.82) is 0 Å². The average Bonchev–Trinajstić information content (AvgIpc) is 3.37. The van der Waals surface area contributed by atoms with Crippen LogP contribution >= 0.6 is 46.4 Å². The normalized spacial score (nSPS) is 19.0. The Bertz CT molecular complexity index is 2720. The number of nitrogens with zero attached hydrogens (tertiary/aromatic N) is 7. The molecule has 2 atom stereocenters. The van der Waals surface area contributed by atoms with Crippen LogP contribution in [0.3, 0.4) is 0 Å². The van der Waals surface area contributed by atoms with Gasteiger partial charge in [-0.3, -0.25) is 29.7 Å². The van der Waals surface area contributed by atoms with Crippen molar-refractivity contribution in [3.8, 4) is 36.0 Å². The van der Waals surface area contributed by atoms with Crippen LogP contribution in [0.1, 0.15) is 71.8 Å². The zero-order valence-electron chi connectivity index (χ0n) is 43.8. The van der Waals surface area contributed by atoms with E-state index in [1.165, 1.54) is 24.3 Å². The number of piperazine rings is 2. The van der Waals surface area contributed by atoms with Crippen LogP contribution in [-0.2, 0) is 13.1 Å². The number of hydrogen-bond donors (Lipinski definition) is 3. The minimum absolute atomic E-state index is 0. The first kappa shape index (κ1) is 61.3. The van der Waals surface area contributed by atoms with Gasteiger partial charge in [-0.05, 0) is 138 Å². The van der Waals surface area contributed by atoms with E-state index < -0.39 is 4.92 Å². The minimum atomic E-state index is -0.466. The molecule has 0 amide bonds. The second-order valence-electron chi connectivity index (χ2n) is 18.8. The fourth-order valence-electron chi connectivity index (χ4n) is 10.4. The first-order valence-electron chi connectivity index (χ1n) is 24.8. The predicted molar refractivity (Wildman–Crippen MR) is 299 cm³/mol. The van der Waals surface area contributed by atoms with Gasteiger partial charge in [0.2, 0.25) is 0 Å². The zero-order valence-corrected chi connectivity index (χ0v) is 49.0. The standard InChI is InChI=1S/C24H30Cl2FN5O2.C24H32Cl2FN5.C7H4.K.H/c1-2-18-15-30(23-13-24(32(33)34)22(28)12-20(23)26)9-10-31(18)19-5-7-29(8-6-19)14-16-3-4-17(25)11-21(16)27;1-2-18-15-31(24-13-23(29)22(28)12-20(24)26)9-10-32(18)19-5-7-30(8-6-19)14-16-3-4-17(25)11-21(16)27;1-3-5-7-6-4-2;;/h3-4,11-13,18-19H,2,5-10,14-15,28H2,1H3;3-4,11-13,18-19H,2,5-10,14-15,28-29H2,1H3;1H,2H3;;/q;;;+1;-1/t2*18-;;;/m00.../s1. The number of nitrogens with two attached hydrogens (primary N) is 3. The monoisotopic (exact) mass is 1120 g/mol. The second-order valence-corrected chi connectivity index (χ2v) is 20.5. The Morgan fingerprint density at radius 2 is 1.08 bits per heavy atom. The van der Waals surface area contributed by atoms with Crippen molar-refractivity contribution in [3.05, 3.63) is 114 Å². The Morgan fingerprint density at radius 3 is 1.49 bits per heavy atom. The van der Waals surface area contributed by atoms with Crippen molar-refractivity contribution in [2.75, 3.05) is 92.4 Å². The summed E-state index contributed by atoms with van der Waals surface area (Å²) < 4.78 is 28.4. The fraction of sp³-hybridized carbons (Fsp3) is 0.455. The van der Waals surface area contributed by atoms with Crippen LogP contribution in [0.2, 0.25) is 20.1 Å². The fourth-order valence-corrected chi connectivity index (χ4v) is 11.3. The summed E-state index contributed by atoms with van der Waals surface area (Å²) in [5.74, 6) is 11.5. The summed E-state index contributed by atoms with van der Waals surface area (Å²) in [6.07, 6.45) is 11.1. The van der Waals surface area contributed by atoms with Crippen LogP contribution in [0.4, 0.5) is 42.9 Å². The molecular weight excluding hydrogens is 1050 g/mol. The molecule has 0 aliphatic carbocycles. The molecule has 4 aromatic carbocycles. The minimum Gasteiger partial charge on any atom is -1.00 e. The van der Waals surface area contributed by atoms with Gasteiger partial charge in [0.1, 0.15) is 17.3 Å². The summed E-state index contributed by atoms with van der Waals surface area (Å²) in [5, 5.41) is 13.3. The molecule has 12 nitrogen and oxygen atoms in total. The van der Waals surface area contributed by atoms with Crippen molar-refractivity contribution in [3.63, 3.8) is 0 Å². The van der Waals surface area contributed by atoms with E-state index in [4.69, 9.17) is 70.0 Å². The molecule has 4 aliphatic rings. The smallest absolute Gasteiger partial charge is 1.00 e. The number of piperidine rings is 2. The van der Waals surface area contributed by atoms with E-state index in [0.717, 1.165) is 110 Å². The molecule has 8 rings (SSSR count). The topological polar surface area (TPSA) is 141 Å². The third-order valence-corrected chi connectivity index (χ3v) is 15.4.